The molecule has 7 rings (SSSR count). The van der Waals surface area contributed by atoms with E-state index in [0.717, 1.165) is 16.8 Å². The highest BCUT2D eigenvalue weighted by Gasteiger charge is 2.39. The van der Waals surface area contributed by atoms with Gasteiger partial charge in [-0.1, -0.05) is 84.9 Å². The number of benzene rings is 4. The molecule has 0 saturated carbocycles. The van der Waals surface area contributed by atoms with E-state index in [1.54, 1.807) is 82.6 Å². The van der Waals surface area contributed by atoms with Gasteiger partial charge in [0.05, 0.1) is 11.4 Å². The van der Waals surface area contributed by atoms with E-state index in [2.05, 4.69) is 31.5 Å². The Morgan fingerprint density at radius 1 is 0.593 bits per heavy atom. The van der Waals surface area contributed by atoms with E-state index in [-0.39, 0.29) is 35.4 Å². The normalized spacial score (nSPS) is 17.1. The molecule has 6 amide bonds. The van der Waals surface area contributed by atoms with E-state index in [0.29, 0.717) is 67.0 Å². The first kappa shape index (κ1) is 40.1. The Hall–Kier alpha value is -7.09. The molecule has 3 heterocycles. The molecule has 14 nitrogen and oxygen atoms in total. The van der Waals surface area contributed by atoms with Gasteiger partial charge in [-0.25, -0.2) is 0 Å². The molecule has 2 aliphatic heterocycles. The van der Waals surface area contributed by atoms with Crippen LogP contribution in [0.1, 0.15) is 62.7 Å². The van der Waals surface area contributed by atoms with Gasteiger partial charge in [0.25, 0.3) is 0 Å². The molecule has 0 spiro atoms. The average molecular weight is 795 g/mol. The van der Waals surface area contributed by atoms with Crippen LogP contribution in [0, 0.1) is 0 Å². The summed E-state index contributed by atoms with van der Waals surface area (Å²) in [5, 5.41) is 18.9. The number of nitrogens with one attached hydrogen (secondary N) is 5. The van der Waals surface area contributed by atoms with Gasteiger partial charge in [0.1, 0.15) is 24.2 Å². The van der Waals surface area contributed by atoms with E-state index in [9.17, 15) is 28.8 Å². The van der Waals surface area contributed by atoms with E-state index >= 15 is 0 Å². The molecule has 14 heteroatoms. The predicted molar refractivity (Wildman–Crippen MR) is 222 cm³/mol. The van der Waals surface area contributed by atoms with Crippen molar-refractivity contribution >= 4 is 46.8 Å². The fourth-order valence-corrected chi connectivity index (χ4v) is 7.74. The number of amides is 6. The lowest BCUT2D eigenvalue weighted by atomic mass is 10.0. The maximum atomic E-state index is 13.7. The van der Waals surface area contributed by atoms with Gasteiger partial charge in [-0.05, 0) is 72.7 Å². The van der Waals surface area contributed by atoms with E-state index in [1.165, 1.54) is 13.8 Å². The predicted octanol–water partition coefficient (Wildman–Crippen LogP) is 5.36. The van der Waals surface area contributed by atoms with Gasteiger partial charge >= 0.3 is 0 Å². The minimum Gasteiger partial charge on any atom is -0.341 e. The van der Waals surface area contributed by atoms with Crippen LogP contribution in [0.15, 0.2) is 115 Å². The lowest BCUT2D eigenvalue weighted by Crippen LogP contribution is -2.48. The maximum absolute atomic E-state index is 13.7. The summed E-state index contributed by atoms with van der Waals surface area (Å²) in [6.07, 6.45) is 2.36. The zero-order chi connectivity index (χ0) is 41.5. The number of hydrogen-bond acceptors (Lipinski definition) is 7. The van der Waals surface area contributed by atoms with Crippen molar-refractivity contribution < 1.29 is 28.8 Å². The van der Waals surface area contributed by atoms with Gasteiger partial charge in [0, 0.05) is 43.9 Å². The van der Waals surface area contributed by atoms with Crippen LogP contribution >= 0.6 is 0 Å². The number of likely N-dealkylation sites (tertiary alicyclic amines) is 2. The monoisotopic (exact) mass is 794 g/mol. The van der Waals surface area contributed by atoms with E-state index in [4.69, 9.17) is 0 Å². The Morgan fingerprint density at radius 3 is 1.44 bits per heavy atom. The van der Waals surface area contributed by atoms with Crippen LogP contribution in [0.2, 0.25) is 0 Å². The standard InChI is InChI=1S/C45H46N8O6/c1-28(54)46-40(32-11-5-3-6-12-32)44(58)52-25-9-15-38(52)42(56)48-34-21-17-30(18-22-34)36-27-37(51-50-36)31-19-23-35(24-20-31)49-43(57)39-16-10-26-53(39)45(59)41(47-29(2)55)33-13-7-4-8-14-33/h3-8,11-14,17-24,27,38-41H,9-10,15-16,25-26H2,1-2H3,(H,46,54)(H,47,55)(H,48,56)(H,49,57)(H,50,51)/t38?,39?,40-,41-/m1/s1. The number of H-pyrrole nitrogens is 1. The summed E-state index contributed by atoms with van der Waals surface area (Å²) in [6, 6.07) is 31.4. The number of aromatic amines is 1. The van der Waals surface area contributed by atoms with Gasteiger partial charge in [-0.15, -0.1) is 0 Å². The second-order valence-corrected chi connectivity index (χ2v) is 14.8. The number of nitrogens with zero attached hydrogens (tertiary/aromatic N) is 3. The van der Waals surface area contributed by atoms with Crippen LogP contribution in [0.5, 0.6) is 0 Å². The quantitative estimate of drug-likeness (QED) is 0.113. The maximum Gasteiger partial charge on any atom is 0.250 e. The van der Waals surface area contributed by atoms with Crippen molar-refractivity contribution in [3.63, 3.8) is 0 Å². The summed E-state index contributed by atoms with van der Waals surface area (Å²) in [5.74, 6) is -1.91. The molecule has 5 aromatic rings. The fraction of sp³-hybridized carbons (Fsp3) is 0.267. The number of hydrogen-bond donors (Lipinski definition) is 5. The Balaban J connectivity index is 0.952. The highest BCUT2D eigenvalue weighted by atomic mass is 16.2. The third kappa shape index (κ3) is 9.39. The number of anilines is 2. The molecule has 0 radical (unpaired) electrons. The molecule has 2 aliphatic rings. The fourth-order valence-electron chi connectivity index (χ4n) is 7.74. The summed E-state index contributed by atoms with van der Waals surface area (Å²) in [4.78, 5) is 81.3. The summed E-state index contributed by atoms with van der Waals surface area (Å²) in [5.41, 5.74) is 5.55. The largest absolute Gasteiger partial charge is 0.341 e. The SMILES string of the molecule is CC(=O)N[C@@H](C(=O)N1CCCC1C(=O)Nc1ccc(-c2cc(-c3ccc(NC(=O)C4CCCN4C(=O)[C@H](NC(C)=O)c4ccccc4)cc3)[nH]n2)cc1)c1ccccc1. The van der Waals surface area contributed by atoms with E-state index < -0.39 is 24.2 Å². The highest BCUT2D eigenvalue weighted by molar-refractivity contribution is 6.00. The topological polar surface area (TPSA) is 186 Å². The third-order valence-corrected chi connectivity index (χ3v) is 10.6. The van der Waals surface area contributed by atoms with Crippen molar-refractivity contribution in [2.24, 2.45) is 0 Å². The van der Waals surface area contributed by atoms with Crippen LogP contribution < -0.4 is 21.3 Å². The second kappa shape index (κ2) is 18.0. The average Bonchev–Trinajstić information content (AvgIpc) is 4.05. The summed E-state index contributed by atoms with van der Waals surface area (Å²) >= 11 is 0. The number of carbonyl (C=O) groups excluding carboxylic acids is 6. The minimum atomic E-state index is -0.886. The lowest BCUT2D eigenvalue weighted by Gasteiger charge is -2.28. The Morgan fingerprint density at radius 2 is 1.02 bits per heavy atom. The summed E-state index contributed by atoms with van der Waals surface area (Å²) in [6.45, 7) is 3.56. The van der Waals surface area contributed by atoms with Crippen molar-refractivity contribution in [2.45, 2.75) is 63.7 Å². The van der Waals surface area contributed by atoms with Crippen LogP contribution in [0.25, 0.3) is 22.5 Å². The van der Waals surface area contributed by atoms with Crippen LogP contribution in [-0.4, -0.2) is 80.6 Å². The van der Waals surface area contributed by atoms with Crippen LogP contribution in [-0.2, 0) is 28.8 Å². The molecule has 4 atom stereocenters. The first-order chi connectivity index (χ1) is 28.5. The molecular formula is C45H46N8O6. The zero-order valence-electron chi connectivity index (χ0n) is 32.8. The zero-order valence-corrected chi connectivity index (χ0v) is 32.8. The second-order valence-electron chi connectivity index (χ2n) is 14.8. The summed E-state index contributed by atoms with van der Waals surface area (Å²) in [7, 11) is 0. The molecule has 4 aromatic carbocycles. The first-order valence-corrected chi connectivity index (χ1v) is 19.7. The molecule has 0 aliphatic carbocycles. The van der Waals surface area contributed by atoms with Gasteiger partial charge < -0.3 is 31.1 Å². The van der Waals surface area contributed by atoms with Crippen LogP contribution in [0.4, 0.5) is 11.4 Å². The van der Waals surface area contributed by atoms with Crippen molar-refractivity contribution in [3.05, 3.63) is 126 Å². The number of aromatic nitrogens is 2. The third-order valence-electron chi connectivity index (χ3n) is 10.6. The molecule has 1 aromatic heterocycles. The molecule has 59 heavy (non-hydrogen) atoms. The Labute approximate surface area is 341 Å². The molecule has 0 bridgehead atoms. The summed E-state index contributed by atoms with van der Waals surface area (Å²) < 4.78 is 0. The Kier molecular flexibility index (Phi) is 12.2. The van der Waals surface area contributed by atoms with Crippen LogP contribution in [0.3, 0.4) is 0 Å². The van der Waals surface area contributed by atoms with Gasteiger partial charge in [-0.2, -0.15) is 5.10 Å². The van der Waals surface area contributed by atoms with Crippen molar-refractivity contribution in [2.75, 3.05) is 23.7 Å². The first-order valence-electron chi connectivity index (χ1n) is 19.7. The molecule has 302 valence electrons. The minimum absolute atomic E-state index is 0.297. The molecule has 2 unspecified atom stereocenters. The number of rotatable bonds is 12. The smallest absolute Gasteiger partial charge is 0.250 e. The van der Waals surface area contributed by atoms with Gasteiger partial charge in [0.2, 0.25) is 35.4 Å². The van der Waals surface area contributed by atoms with Crippen molar-refractivity contribution in [1.29, 1.82) is 0 Å². The van der Waals surface area contributed by atoms with Gasteiger partial charge in [0.15, 0.2) is 0 Å². The Bertz CT molecular complexity index is 2150. The molecule has 5 N–H and O–H groups in total. The van der Waals surface area contributed by atoms with Crippen molar-refractivity contribution in [1.82, 2.24) is 30.6 Å². The number of carbonyl (C=O) groups is 6. The lowest BCUT2D eigenvalue weighted by molar-refractivity contribution is -0.140. The molecule has 2 saturated heterocycles. The van der Waals surface area contributed by atoms with Gasteiger partial charge in [-0.3, -0.25) is 33.9 Å². The van der Waals surface area contributed by atoms with E-state index in [1.807, 2.05) is 42.5 Å². The molecule has 2 fully saturated rings. The molecular weight excluding hydrogens is 749 g/mol. The highest BCUT2D eigenvalue weighted by Crippen LogP contribution is 2.29. The van der Waals surface area contributed by atoms with Crippen molar-refractivity contribution in [3.8, 4) is 22.5 Å².